The molecule has 16 heavy (non-hydrogen) atoms. The van der Waals surface area contributed by atoms with Crippen LogP contribution in [0.2, 0.25) is 0 Å². The molecule has 0 unspecified atom stereocenters. The van der Waals surface area contributed by atoms with Crippen molar-refractivity contribution in [3.05, 3.63) is 35.0 Å². The molecule has 0 saturated heterocycles. The fourth-order valence-corrected chi connectivity index (χ4v) is 1.14. The standard InChI is InChI=1S/C7H7N7O2/c8-12-7-10-3-5(14(15)16)6(11-7)13-2-1-9-4-13/h1-4H,8H2,(H,10,11,12). The summed E-state index contributed by atoms with van der Waals surface area (Å²) in [6, 6.07) is 0. The maximum Gasteiger partial charge on any atom is 0.330 e. The van der Waals surface area contributed by atoms with E-state index in [0.717, 1.165) is 6.20 Å². The van der Waals surface area contributed by atoms with Gasteiger partial charge in [0.05, 0.1) is 4.92 Å². The van der Waals surface area contributed by atoms with Gasteiger partial charge in [0.15, 0.2) is 0 Å². The lowest BCUT2D eigenvalue weighted by Gasteiger charge is -2.03. The molecule has 2 heterocycles. The highest BCUT2D eigenvalue weighted by molar-refractivity contribution is 5.48. The third kappa shape index (κ3) is 1.66. The largest absolute Gasteiger partial charge is 0.330 e. The van der Waals surface area contributed by atoms with Crippen molar-refractivity contribution < 1.29 is 4.92 Å². The summed E-state index contributed by atoms with van der Waals surface area (Å²) in [6.07, 6.45) is 5.50. The number of anilines is 1. The van der Waals surface area contributed by atoms with E-state index in [-0.39, 0.29) is 17.5 Å². The number of imidazole rings is 1. The molecule has 0 saturated carbocycles. The van der Waals surface area contributed by atoms with Crippen LogP contribution >= 0.6 is 0 Å². The Kier molecular flexibility index (Phi) is 2.44. The summed E-state index contributed by atoms with van der Waals surface area (Å²) in [6.45, 7) is 0. The van der Waals surface area contributed by atoms with E-state index in [4.69, 9.17) is 5.84 Å². The second-order valence-corrected chi connectivity index (χ2v) is 2.77. The number of nitrogen functional groups attached to an aromatic ring is 1. The molecule has 2 aromatic rings. The molecule has 0 radical (unpaired) electrons. The molecular weight excluding hydrogens is 214 g/mol. The van der Waals surface area contributed by atoms with Crippen LogP contribution in [0.15, 0.2) is 24.9 Å². The molecule has 0 aliphatic heterocycles. The molecule has 0 aromatic carbocycles. The minimum Gasteiger partial charge on any atom is -0.292 e. The number of aromatic nitrogens is 4. The summed E-state index contributed by atoms with van der Waals surface area (Å²) in [4.78, 5) is 21.5. The van der Waals surface area contributed by atoms with Gasteiger partial charge in [-0.3, -0.25) is 20.1 Å². The Labute approximate surface area is 89.1 Å². The topological polar surface area (TPSA) is 125 Å². The van der Waals surface area contributed by atoms with Crippen LogP contribution in [0, 0.1) is 10.1 Å². The van der Waals surface area contributed by atoms with Gasteiger partial charge in [-0.05, 0) is 0 Å². The summed E-state index contributed by atoms with van der Waals surface area (Å²) in [5, 5.41) is 10.8. The first-order valence-electron chi connectivity index (χ1n) is 4.18. The predicted molar refractivity (Wildman–Crippen MR) is 53.6 cm³/mol. The molecule has 2 rings (SSSR count). The number of nitrogens with zero attached hydrogens (tertiary/aromatic N) is 5. The quantitative estimate of drug-likeness (QED) is 0.419. The van der Waals surface area contributed by atoms with Gasteiger partial charge < -0.3 is 0 Å². The molecule has 3 N–H and O–H groups in total. The Hall–Kier alpha value is -2.55. The lowest BCUT2D eigenvalue weighted by Crippen LogP contribution is -2.12. The summed E-state index contributed by atoms with van der Waals surface area (Å²) in [5.41, 5.74) is 1.99. The van der Waals surface area contributed by atoms with Crippen LogP contribution in [0.25, 0.3) is 5.82 Å². The van der Waals surface area contributed by atoms with E-state index in [1.807, 2.05) is 0 Å². The molecule has 0 spiro atoms. The van der Waals surface area contributed by atoms with Gasteiger partial charge in [0, 0.05) is 12.4 Å². The van der Waals surface area contributed by atoms with Gasteiger partial charge in [0.25, 0.3) is 0 Å². The van der Waals surface area contributed by atoms with Crippen molar-refractivity contribution in [2.24, 2.45) is 5.84 Å². The fourth-order valence-electron chi connectivity index (χ4n) is 1.14. The molecule has 9 heteroatoms. The molecule has 0 aliphatic rings. The number of hydrogen-bond donors (Lipinski definition) is 2. The molecule has 0 amide bonds. The molecule has 0 aliphatic carbocycles. The summed E-state index contributed by atoms with van der Waals surface area (Å²) < 4.78 is 1.40. The van der Waals surface area contributed by atoms with Crippen LogP contribution in [0.4, 0.5) is 11.6 Å². The van der Waals surface area contributed by atoms with E-state index in [9.17, 15) is 10.1 Å². The second-order valence-electron chi connectivity index (χ2n) is 2.77. The molecule has 2 aromatic heterocycles. The Bertz CT molecular complexity index is 509. The van der Waals surface area contributed by atoms with Gasteiger partial charge in [-0.1, -0.05) is 0 Å². The smallest absolute Gasteiger partial charge is 0.292 e. The van der Waals surface area contributed by atoms with Crippen LogP contribution in [0.3, 0.4) is 0 Å². The predicted octanol–water partition coefficient (Wildman–Crippen LogP) is -0.144. The van der Waals surface area contributed by atoms with Crippen LogP contribution in [0.1, 0.15) is 0 Å². The van der Waals surface area contributed by atoms with E-state index in [2.05, 4.69) is 20.4 Å². The first-order chi connectivity index (χ1) is 7.72. The monoisotopic (exact) mass is 221 g/mol. The van der Waals surface area contributed by atoms with Crippen LogP contribution in [-0.4, -0.2) is 24.4 Å². The number of hydrazine groups is 1. The first kappa shape index (κ1) is 9.98. The molecule has 82 valence electrons. The number of nitrogens with two attached hydrogens (primary N) is 1. The maximum atomic E-state index is 10.8. The maximum absolute atomic E-state index is 10.8. The van der Waals surface area contributed by atoms with Crippen molar-refractivity contribution in [3.8, 4) is 5.82 Å². The highest BCUT2D eigenvalue weighted by atomic mass is 16.6. The number of nitrogens with one attached hydrogen (secondary N) is 1. The van der Waals surface area contributed by atoms with Crippen molar-refractivity contribution in [2.45, 2.75) is 0 Å². The lowest BCUT2D eigenvalue weighted by molar-refractivity contribution is -0.385. The molecule has 9 nitrogen and oxygen atoms in total. The van der Waals surface area contributed by atoms with Gasteiger partial charge in [0.1, 0.15) is 12.5 Å². The molecular formula is C7H7N7O2. The normalized spacial score (nSPS) is 10.1. The second kappa shape index (κ2) is 3.90. The van der Waals surface area contributed by atoms with E-state index < -0.39 is 4.92 Å². The zero-order valence-corrected chi connectivity index (χ0v) is 7.94. The third-order valence-electron chi connectivity index (χ3n) is 1.82. The van der Waals surface area contributed by atoms with Crippen molar-refractivity contribution in [1.82, 2.24) is 19.5 Å². The Morgan fingerprint density at radius 2 is 2.38 bits per heavy atom. The number of hydrogen-bond acceptors (Lipinski definition) is 7. The third-order valence-corrected chi connectivity index (χ3v) is 1.82. The van der Waals surface area contributed by atoms with Crippen LogP contribution < -0.4 is 11.3 Å². The lowest BCUT2D eigenvalue weighted by atomic mass is 10.5. The van der Waals surface area contributed by atoms with Crippen molar-refractivity contribution in [1.29, 1.82) is 0 Å². The van der Waals surface area contributed by atoms with E-state index in [1.165, 1.54) is 23.3 Å². The molecule has 0 atom stereocenters. The van der Waals surface area contributed by atoms with E-state index >= 15 is 0 Å². The summed E-state index contributed by atoms with van der Waals surface area (Å²) >= 11 is 0. The average Bonchev–Trinajstić information content (AvgIpc) is 2.81. The van der Waals surface area contributed by atoms with Crippen molar-refractivity contribution >= 4 is 11.6 Å². The highest BCUT2D eigenvalue weighted by Crippen LogP contribution is 2.19. The van der Waals surface area contributed by atoms with Crippen molar-refractivity contribution in [3.63, 3.8) is 0 Å². The number of rotatable bonds is 3. The Morgan fingerprint density at radius 3 is 2.94 bits per heavy atom. The minimum atomic E-state index is -0.574. The fraction of sp³-hybridized carbons (Fsp3) is 0. The Morgan fingerprint density at radius 1 is 1.56 bits per heavy atom. The molecule has 0 bridgehead atoms. The van der Waals surface area contributed by atoms with Gasteiger partial charge in [-0.15, -0.1) is 0 Å². The summed E-state index contributed by atoms with van der Waals surface area (Å²) in [5.74, 6) is 5.32. The first-order valence-corrected chi connectivity index (χ1v) is 4.18. The van der Waals surface area contributed by atoms with Gasteiger partial charge in [-0.2, -0.15) is 4.98 Å². The average molecular weight is 221 g/mol. The zero-order valence-electron chi connectivity index (χ0n) is 7.94. The van der Waals surface area contributed by atoms with Gasteiger partial charge in [0.2, 0.25) is 11.8 Å². The SMILES string of the molecule is NNc1ncc([N+](=O)[O-])c(-n2ccnc2)n1. The van der Waals surface area contributed by atoms with E-state index in [0.29, 0.717) is 0 Å². The molecule has 0 fully saturated rings. The van der Waals surface area contributed by atoms with Crippen LogP contribution in [-0.2, 0) is 0 Å². The highest BCUT2D eigenvalue weighted by Gasteiger charge is 2.18. The van der Waals surface area contributed by atoms with Gasteiger partial charge in [-0.25, -0.2) is 15.8 Å². The minimum absolute atomic E-state index is 0.0919. The summed E-state index contributed by atoms with van der Waals surface area (Å²) in [7, 11) is 0. The number of nitro groups is 1. The Balaban J connectivity index is 2.59. The van der Waals surface area contributed by atoms with Gasteiger partial charge >= 0.3 is 5.69 Å². The van der Waals surface area contributed by atoms with E-state index in [1.54, 1.807) is 0 Å². The van der Waals surface area contributed by atoms with Crippen molar-refractivity contribution in [2.75, 3.05) is 5.43 Å². The van der Waals surface area contributed by atoms with Crippen LogP contribution in [0.5, 0.6) is 0 Å². The zero-order chi connectivity index (χ0) is 11.5.